The summed E-state index contributed by atoms with van der Waals surface area (Å²) in [5.41, 5.74) is 0.260. The van der Waals surface area contributed by atoms with Crippen LogP contribution in [0.5, 0.6) is 0 Å². The van der Waals surface area contributed by atoms with Gasteiger partial charge in [0.2, 0.25) is 10.0 Å². The monoisotopic (exact) mass is 505 g/mol. The average Bonchev–Trinajstić information content (AvgIpc) is 2.80. The first-order valence-electron chi connectivity index (χ1n) is 10.4. The molecule has 0 saturated heterocycles. The van der Waals surface area contributed by atoms with Crippen molar-refractivity contribution in [3.8, 4) is 0 Å². The minimum Gasteiger partial charge on any atom is -0.322 e. The van der Waals surface area contributed by atoms with Gasteiger partial charge in [-0.3, -0.25) is 9.52 Å². The summed E-state index contributed by atoms with van der Waals surface area (Å²) in [4.78, 5) is 12.8. The van der Waals surface area contributed by atoms with E-state index in [0.29, 0.717) is 13.1 Å². The molecule has 0 aliphatic heterocycles. The number of para-hydroxylation sites is 1. The zero-order valence-electron chi connectivity index (χ0n) is 18.5. The van der Waals surface area contributed by atoms with Gasteiger partial charge in [0.05, 0.1) is 21.0 Å². The fourth-order valence-electron chi connectivity index (χ4n) is 3.23. The Kier molecular flexibility index (Phi) is 7.70. The van der Waals surface area contributed by atoms with Crippen LogP contribution in [0, 0.1) is 5.82 Å². The molecule has 0 aliphatic rings. The second-order valence-electron chi connectivity index (χ2n) is 7.18. The standard InChI is InChI=1S/C23H24FN3O5S2/c1-3-27(4-2)34(31,32)20-9-7-8-18(16-20)25-23(28)21-10-5-6-11-22(21)26-33(29,30)19-14-12-17(24)13-15-19/h5-16,26H,3-4H2,1-2H3,(H,25,28). The van der Waals surface area contributed by atoms with Gasteiger partial charge in [0.15, 0.2) is 0 Å². The number of carbonyl (C=O) groups is 1. The van der Waals surface area contributed by atoms with Gasteiger partial charge in [0, 0.05) is 18.8 Å². The van der Waals surface area contributed by atoms with Gasteiger partial charge in [-0.2, -0.15) is 4.31 Å². The number of benzene rings is 3. The Balaban J connectivity index is 1.87. The van der Waals surface area contributed by atoms with Crippen molar-refractivity contribution in [1.29, 1.82) is 0 Å². The summed E-state index contributed by atoms with van der Waals surface area (Å²) >= 11 is 0. The molecule has 0 bridgehead atoms. The molecule has 0 radical (unpaired) electrons. The molecular weight excluding hydrogens is 481 g/mol. The first kappa shape index (κ1) is 25.3. The highest BCUT2D eigenvalue weighted by atomic mass is 32.2. The summed E-state index contributed by atoms with van der Waals surface area (Å²) in [6.45, 7) is 4.07. The normalized spacial score (nSPS) is 11.9. The molecule has 11 heteroatoms. The molecule has 0 aromatic heterocycles. The van der Waals surface area contributed by atoms with E-state index in [-0.39, 0.29) is 26.7 Å². The summed E-state index contributed by atoms with van der Waals surface area (Å²) < 4.78 is 67.7. The zero-order chi connectivity index (χ0) is 24.9. The highest BCUT2D eigenvalue weighted by Gasteiger charge is 2.23. The second-order valence-corrected chi connectivity index (χ2v) is 10.8. The number of nitrogens with one attached hydrogen (secondary N) is 2. The van der Waals surface area contributed by atoms with Gasteiger partial charge in [-0.15, -0.1) is 0 Å². The molecule has 0 unspecified atom stereocenters. The van der Waals surface area contributed by atoms with Crippen LogP contribution in [-0.2, 0) is 20.0 Å². The Bertz CT molecular complexity index is 1390. The maximum atomic E-state index is 13.2. The number of nitrogens with zero attached hydrogens (tertiary/aromatic N) is 1. The highest BCUT2D eigenvalue weighted by molar-refractivity contribution is 7.92. The fourth-order valence-corrected chi connectivity index (χ4v) is 5.82. The predicted molar refractivity (Wildman–Crippen MR) is 128 cm³/mol. The van der Waals surface area contributed by atoms with Crippen molar-refractivity contribution in [3.63, 3.8) is 0 Å². The lowest BCUT2D eigenvalue weighted by Gasteiger charge is -2.19. The molecule has 0 fully saturated rings. The third-order valence-electron chi connectivity index (χ3n) is 4.98. The van der Waals surface area contributed by atoms with E-state index < -0.39 is 31.8 Å². The molecule has 3 aromatic rings. The molecule has 2 N–H and O–H groups in total. The van der Waals surface area contributed by atoms with Gasteiger partial charge in [-0.25, -0.2) is 21.2 Å². The van der Waals surface area contributed by atoms with Crippen molar-refractivity contribution >= 4 is 37.3 Å². The van der Waals surface area contributed by atoms with Crippen molar-refractivity contribution in [3.05, 3.63) is 84.2 Å². The van der Waals surface area contributed by atoms with Crippen molar-refractivity contribution < 1.29 is 26.0 Å². The van der Waals surface area contributed by atoms with Crippen molar-refractivity contribution in [1.82, 2.24) is 4.31 Å². The molecule has 0 spiro atoms. The van der Waals surface area contributed by atoms with E-state index in [1.807, 2.05) is 0 Å². The van der Waals surface area contributed by atoms with E-state index in [9.17, 15) is 26.0 Å². The predicted octanol–water partition coefficient (Wildman–Crippen LogP) is 3.91. The van der Waals surface area contributed by atoms with Crippen molar-refractivity contribution in [2.75, 3.05) is 23.1 Å². The van der Waals surface area contributed by atoms with Gasteiger partial charge in [-0.1, -0.05) is 32.0 Å². The van der Waals surface area contributed by atoms with Gasteiger partial charge in [0.25, 0.3) is 15.9 Å². The molecule has 0 heterocycles. The summed E-state index contributed by atoms with van der Waals surface area (Å²) in [5, 5.41) is 2.61. The van der Waals surface area contributed by atoms with E-state index in [1.165, 1.54) is 40.7 Å². The third-order valence-corrected chi connectivity index (χ3v) is 8.40. The van der Waals surface area contributed by atoms with E-state index >= 15 is 0 Å². The largest absolute Gasteiger partial charge is 0.322 e. The van der Waals surface area contributed by atoms with Gasteiger partial charge in [-0.05, 0) is 54.6 Å². The Morgan fingerprint density at radius 3 is 2.15 bits per heavy atom. The molecular formula is C23H24FN3O5S2. The number of amides is 1. The lowest BCUT2D eigenvalue weighted by atomic mass is 10.1. The van der Waals surface area contributed by atoms with Crippen molar-refractivity contribution in [2.24, 2.45) is 0 Å². The van der Waals surface area contributed by atoms with Gasteiger partial charge in [0.1, 0.15) is 5.82 Å². The van der Waals surface area contributed by atoms with Crippen LogP contribution >= 0.6 is 0 Å². The van der Waals surface area contributed by atoms with E-state index in [2.05, 4.69) is 10.0 Å². The summed E-state index contributed by atoms with van der Waals surface area (Å²) in [6.07, 6.45) is 0. The number of rotatable bonds is 9. The van der Waals surface area contributed by atoms with Crippen LogP contribution in [0.4, 0.5) is 15.8 Å². The molecule has 34 heavy (non-hydrogen) atoms. The number of anilines is 2. The summed E-state index contributed by atoms with van der Waals surface area (Å²) in [5.74, 6) is -1.22. The molecule has 3 aromatic carbocycles. The van der Waals surface area contributed by atoms with E-state index in [0.717, 1.165) is 24.3 Å². The van der Waals surface area contributed by atoms with Crippen LogP contribution in [0.1, 0.15) is 24.2 Å². The number of hydrogen-bond donors (Lipinski definition) is 2. The Morgan fingerprint density at radius 1 is 0.853 bits per heavy atom. The SMILES string of the molecule is CCN(CC)S(=O)(=O)c1cccc(NC(=O)c2ccccc2NS(=O)(=O)c2ccc(F)cc2)c1. The van der Waals surface area contributed by atoms with Crippen LogP contribution in [-0.4, -0.2) is 40.1 Å². The molecule has 1 amide bonds. The van der Waals surface area contributed by atoms with E-state index in [4.69, 9.17) is 0 Å². The number of hydrogen-bond acceptors (Lipinski definition) is 5. The molecule has 8 nitrogen and oxygen atoms in total. The second kappa shape index (κ2) is 10.3. The van der Waals surface area contributed by atoms with E-state index in [1.54, 1.807) is 26.0 Å². The summed E-state index contributed by atoms with van der Waals surface area (Å²) in [7, 11) is -7.81. The lowest BCUT2D eigenvalue weighted by molar-refractivity contribution is 0.102. The van der Waals surface area contributed by atoms with Crippen LogP contribution in [0.2, 0.25) is 0 Å². The van der Waals surface area contributed by atoms with Crippen LogP contribution in [0.3, 0.4) is 0 Å². The lowest BCUT2D eigenvalue weighted by Crippen LogP contribution is -2.30. The minimum atomic E-state index is -4.08. The molecule has 0 atom stereocenters. The number of carbonyl (C=O) groups excluding carboxylic acids is 1. The maximum absolute atomic E-state index is 13.2. The Labute approximate surface area is 198 Å². The number of sulfonamides is 2. The van der Waals surface area contributed by atoms with Gasteiger partial charge >= 0.3 is 0 Å². The minimum absolute atomic E-state index is 0.0104. The van der Waals surface area contributed by atoms with Gasteiger partial charge < -0.3 is 5.32 Å². The molecule has 3 rings (SSSR count). The highest BCUT2D eigenvalue weighted by Crippen LogP contribution is 2.23. The third kappa shape index (κ3) is 5.61. The smallest absolute Gasteiger partial charge is 0.261 e. The first-order valence-corrected chi connectivity index (χ1v) is 13.3. The zero-order valence-corrected chi connectivity index (χ0v) is 20.2. The maximum Gasteiger partial charge on any atom is 0.261 e. The fraction of sp³-hybridized carbons (Fsp3) is 0.174. The Morgan fingerprint density at radius 2 is 1.50 bits per heavy atom. The van der Waals surface area contributed by atoms with Crippen molar-refractivity contribution in [2.45, 2.75) is 23.6 Å². The number of halogens is 1. The quantitative estimate of drug-likeness (QED) is 0.458. The first-order chi connectivity index (χ1) is 16.1. The molecule has 180 valence electrons. The molecule has 0 aliphatic carbocycles. The topological polar surface area (TPSA) is 113 Å². The van der Waals surface area contributed by atoms with Crippen LogP contribution in [0.15, 0.2) is 82.6 Å². The van der Waals surface area contributed by atoms with Crippen LogP contribution in [0.25, 0.3) is 0 Å². The summed E-state index contributed by atoms with van der Waals surface area (Å²) in [6, 6.07) is 16.0. The Hall–Kier alpha value is -3.28. The average molecular weight is 506 g/mol. The van der Waals surface area contributed by atoms with Crippen LogP contribution < -0.4 is 10.0 Å². The molecule has 0 saturated carbocycles.